The Morgan fingerprint density at radius 3 is 2.44 bits per heavy atom. The number of esters is 2. The molecule has 90 valence electrons. The molecule has 4 atom stereocenters. The lowest BCUT2D eigenvalue weighted by Gasteiger charge is -2.18. The van der Waals surface area contributed by atoms with E-state index < -0.39 is 5.92 Å². The molecule has 1 saturated carbocycles. The van der Waals surface area contributed by atoms with Gasteiger partial charge >= 0.3 is 11.9 Å². The molecule has 2 aliphatic rings. The summed E-state index contributed by atoms with van der Waals surface area (Å²) >= 11 is 0. The zero-order valence-corrected chi connectivity index (χ0v) is 9.47. The van der Waals surface area contributed by atoms with Crippen molar-refractivity contribution in [3.8, 4) is 0 Å². The molecule has 0 aromatic carbocycles. The Bertz CT molecular complexity index is 301. The van der Waals surface area contributed by atoms with Crippen LogP contribution in [0.2, 0.25) is 0 Å². The number of carbonyl (C=O) groups is 2. The Hall–Kier alpha value is -1.10. The Labute approximate surface area is 94.0 Å². The van der Waals surface area contributed by atoms with Crippen LogP contribution in [0.3, 0.4) is 0 Å². The highest BCUT2D eigenvalue weighted by Gasteiger charge is 2.61. The van der Waals surface area contributed by atoms with Gasteiger partial charge in [0.1, 0.15) is 0 Å². The zero-order valence-electron chi connectivity index (χ0n) is 9.47. The molecule has 5 nitrogen and oxygen atoms in total. The minimum atomic E-state index is -0.469. The summed E-state index contributed by atoms with van der Waals surface area (Å²) in [6, 6.07) is 0. The van der Waals surface area contributed by atoms with Crippen LogP contribution in [0, 0.1) is 11.8 Å². The summed E-state index contributed by atoms with van der Waals surface area (Å²) in [5.74, 6) is -1.51. The first-order valence-corrected chi connectivity index (χ1v) is 5.67. The molecule has 0 radical (unpaired) electrons. The fourth-order valence-corrected chi connectivity index (χ4v) is 2.32. The van der Waals surface area contributed by atoms with Crippen molar-refractivity contribution < 1.29 is 23.8 Å². The molecule has 5 heteroatoms. The van der Waals surface area contributed by atoms with Gasteiger partial charge in [0.05, 0.1) is 37.3 Å². The molecule has 1 aliphatic carbocycles. The van der Waals surface area contributed by atoms with Crippen molar-refractivity contribution in [2.75, 3.05) is 13.2 Å². The van der Waals surface area contributed by atoms with Gasteiger partial charge in [-0.05, 0) is 20.3 Å². The summed E-state index contributed by atoms with van der Waals surface area (Å²) in [5.41, 5.74) is 0. The van der Waals surface area contributed by atoms with Crippen LogP contribution in [0.4, 0.5) is 0 Å². The van der Waals surface area contributed by atoms with Gasteiger partial charge in [-0.15, -0.1) is 0 Å². The number of epoxide rings is 1. The van der Waals surface area contributed by atoms with E-state index >= 15 is 0 Å². The minimum absolute atomic E-state index is 0.0452. The van der Waals surface area contributed by atoms with Crippen molar-refractivity contribution in [3.63, 3.8) is 0 Å². The third-order valence-corrected chi connectivity index (χ3v) is 3.04. The summed E-state index contributed by atoms with van der Waals surface area (Å²) in [6.45, 7) is 4.16. The first-order chi connectivity index (χ1) is 7.69. The van der Waals surface area contributed by atoms with E-state index in [-0.39, 0.29) is 30.1 Å². The van der Waals surface area contributed by atoms with Crippen LogP contribution in [0.1, 0.15) is 20.3 Å². The summed E-state index contributed by atoms with van der Waals surface area (Å²) in [7, 11) is 0. The standard InChI is InChI=1S/C11H16O5/c1-3-14-10(12)6-5-7-9(16-7)8(6)11(13)15-4-2/h6-9H,3-5H2,1-2H3/t6?,7-,8?,9-/m0/s1. The summed E-state index contributed by atoms with van der Waals surface area (Å²) in [4.78, 5) is 23.3. The molecule has 1 aliphatic heterocycles. The van der Waals surface area contributed by atoms with Gasteiger partial charge < -0.3 is 14.2 Å². The Morgan fingerprint density at radius 1 is 1.19 bits per heavy atom. The molecule has 1 saturated heterocycles. The SMILES string of the molecule is CCOC(=O)C1C[C@@H]2O[C@@H]2C1C(=O)OCC. The summed E-state index contributed by atoms with van der Waals surface area (Å²) < 4.78 is 15.2. The van der Waals surface area contributed by atoms with E-state index in [0.29, 0.717) is 19.6 Å². The highest BCUT2D eigenvalue weighted by Crippen LogP contribution is 2.47. The zero-order chi connectivity index (χ0) is 11.7. The maximum absolute atomic E-state index is 11.7. The molecular formula is C11H16O5. The molecule has 2 rings (SSSR count). The second kappa shape index (κ2) is 4.41. The fourth-order valence-electron chi connectivity index (χ4n) is 2.32. The summed E-state index contributed by atoms with van der Waals surface area (Å²) in [6.07, 6.45) is 0.491. The van der Waals surface area contributed by atoms with E-state index in [1.807, 2.05) is 0 Å². The van der Waals surface area contributed by atoms with E-state index in [2.05, 4.69) is 0 Å². The second-order valence-electron chi connectivity index (χ2n) is 4.01. The van der Waals surface area contributed by atoms with E-state index in [1.54, 1.807) is 13.8 Å². The monoisotopic (exact) mass is 228 g/mol. The highest BCUT2D eigenvalue weighted by molar-refractivity contribution is 5.84. The number of hydrogen-bond acceptors (Lipinski definition) is 5. The van der Waals surface area contributed by atoms with Crippen LogP contribution in [0.15, 0.2) is 0 Å². The molecule has 2 unspecified atom stereocenters. The first-order valence-electron chi connectivity index (χ1n) is 5.67. The average molecular weight is 228 g/mol. The van der Waals surface area contributed by atoms with Crippen molar-refractivity contribution in [2.45, 2.75) is 32.5 Å². The quantitative estimate of drug-likeness (QED) is 0.518. The van der Waals surface area contributed by atoms with Gasteiger partial charge in [0.2, 0.25) is 0 Å². The third-order valence-electron chi connectivity index (χ3n) is 3.04. The average Bonchev–Trinajstić information content (AvgIpc) is 2.90. The Kier molecular flexibility index (Phi) is 3.14. The highest BCUT2D eigenvalue weighted by atomic mass is 16.6. The smallest absolute Gasteiger partial charge is 0.312 e. The minimum Gasteiger partial charge on any atom is -0.466 e. The van der Waals surface area contributed by atoms with Crippen molar-refractivity contribution in [1.82, 2.24) is 0 Å². The van der Waals surface area contributed by atoms with E-state index in [1.165, 1.54) is 0 Å². The van der Waals surface area contributed by atoms with Crippen LogP contribution in [-0.2, 0) is 23.8 Å². The van der Waals surface area contributed by atoms with Crippen LogP contribution in [0.5, 0.6) is 0 Å². The molecule has 0 spiro atoms. The van der Waals surface area contributed by atoms with Crippen LogP contribution in [0.25, 0.3) is 0 Å². The van der Waals surface area contributed by atoms with Crippen LogP contribution >= 0.6 is 0 Å². The topological polar surface area (TPSA) is 65.1 Å². The molecule has 2 fully saturated rings. The van der Waals surface area contributed by atoms with Gasteiger partial charge in [-0.25, -0.2) is 0 Å². The number of hydrogen-bond donors (Lipinski definition) is 0. The largest absolute Gasteiger partial charge is 0.466 e. The van der Waals surface area contributed by atoms with E-state index in [9.17, 15) is 9.59 Å². The molecule has 0 N–H and O–H groups in total. The molecule has 0 amide bonds. The van der Waals surface area contributed by atoms with Crippen LogP contribution < -0.4 is 0 Å². The van der Waals surface area contributed by atoms with Gasteiger partial charge in [0, 0.05) is 0 Å². The Balaban J connectivity index is 2.02. The van der Waals surface area contributed by atoms with Crippen LogP contribution in [-0.4, -0.2) is 37.4 Å². The van der Waals surface area contributed by atoms with Crippen molar-refractivity contribution in [1.29, 1.82) is 0 Å². The molecule has 0 aromatic heterocycles. The van der Waals surface area contributed by atoms with Crippen molar-refractivity contribution >= 4 is 11.9 Å². The molecule has 1 heterocycles. The maximum atomic E-state index is 11.7. The van der Waals surface area contributed by atoms with Gasteiger partial charge in [-0.2, -0.15) is 0 Å². The number of carbonyl (C=O) groups excluding carboxylic acids is 2. The van der Waals surface area contributed by atoms with Gasteiger partial charge in [-0.1, -0.05) is 0 Å². The lowest BCUT2D eigenvalue weighted by atomic mass is 9.95. The molecule has 0 bridgehead atoms. The fraction of sp³-hybridized carbons (Fsp3) is 0.818. The molecule has 16 heavy (non-hydrogen) atoms. The normalized spacial score (nSPS) is 35.4. The third kappa shape index (κ3) is 1.91. The lowest BCUT2D eigenvalue weighted by Crippen LogP contribution is -2.32. The maximum Gasteiger partial charge on any atom is 0.312 e. The molecular weight excluding hydrogens is 212 g/mol. The van der Waals surface area contributed by atoms with Gasteiger partial charge in [0.15, 0.2) is 0 Å². The first kappa shape index (κ1) is 11.4. The predicted octanol–water partition coefficient (Wildman–Crippen LogP) is 0.516. The van der Waals surface area contributed by atoms with E-state index in [4.69, 9.17) is 14.2 Å². The van der Waals surface area contributed by atoms with E-state index in [0.717, 1.165) is 0 Å². The molecule has 0 aromatic rings. The second-order valence-corrected chi connectivity index (χ2v) is 4.01. The van der Waals surface area contributed by atoms with Gasteiger partial charge in [-0.3, -0.25) is 9.59 Å². The Morgan fingerprint density at radius 2 is 1.81 bits per heavy atom. The number of rotatable bonds is 4. The number of fused-ring (bicyclic) bond motifs is 1. The van der Waals surface area contributed by atoms with Crippen molar-refractivity contribution in [3.05, 3.63) is 0 Å². The predicted molar refractivity (Wildman–Crippen MR) is 53.5 cm³/mol. The summed E-state index contributed by atoms with van der Waals surface area (Å²) in [5, 5.41) is 0. The number of ether oxygens (including phenoxy) is 3. The van der Waals surface area contributed by atoms with Crippen molar-refractivity contribution in [2.24, 2.45) is 11.8 Å². The lowest BCUT2D eigenvalue weighted by molar-refractivity contribution is -0.161. The van der Waals surface area contributed by atoms with Gasteiger partial charge in [0.25, 0.3) is 0 Å².